The number of H-pyrrole nitrogens is 1. The number of aryl methyl sites for hydroxylation is 1. The summed E-state index contributed by atoms with van der Waals surface area (Å²) in [6.45, 7) is 3.97. The molecule has 1 rings (SSSR count). The molecule has 4 N–H and O–H groups in total. The molecule has 0 aliphatic carbocycles. The zero-order valence-electron chi connectivity index (χ0n) is 10.6. The van der Waals surface area contributed by atoms with Crippen LogP contribution in [0.5, 0.6) is 0 Å². The van der Waals surface area contributed by atoms with Gasteiger partial charge in [0.1, 0.15) is 11.7 Å². The Morgan fingerprint density at radius 1 is 1.56 bits per heavy atom. The summed E-state index contributed by atoms with van der Waals surface area (Å²) in [5, 5.41) is 7.28. The van der Waals surface area contributed by atoms with Gasteiger partial charge in [-0.2, -0.15) is 4.31 Å². The SMILES string of the molecule is CCCN(CC(=N)N)S(=O)(=O)c1cnc(CC)[nH]1. The van der Waals surface area contributed by atoms with Gasteiger partial charge in [-0.3, -0.25) is 5.41 Å². The molecule has 0 aliphatic heterocycles. The van der Waals surface area contributed by atoms with Crippen LogP contribution in [0.1, 0.15) is 26.1 Å². The normalized spacial score (nSPS) is 11.9. The molecule has 0 saturated carbocycles. The highest BCUT2D eigenvalue weighted by Gasteiger charge is 2.26. The van der Waals surface area contributed by atoms with Crippen molar-refractivity contribution in [3.8, 4) is 0 Å². The molecule has 1 aromatic rings. The van der Waals surface area contributed by atoms with E-state index in [0.717, 1.165) is 0 Å². The van der Waals surface area contributed by atoms with Crippen molar-refractivity contribution in [2.75, 3.05) is 13.1 Å². The molecule has 7 nitrogen and oxygen atoms in total. The highest BCUT2D eigenvalue weighted by molar-refractivity contribution is 7.89. The maximum absolute atomic E-state index is 12.3. The van der Waals surface area contributed by atoms with Gasteiger partial charge in [0.15, 0.2) is 5.03 Å². The van der Waals surface area contributed by atoms with Crippen LogP contribution in [-0.2, 0) is 16.4 Å². The van der Waals surface area contributed by atoms with E-state index in [1.54, 1.807) is 0 Å². The Morgan fingerprint density at radius 2 is 2.22 bits per heavy atom. The van der Waals surface area contributed by atoms with E-state index in [1.807, 2.05) is 13.8 Å². The second kappa shape index (κ2) is 5.96. The maximum atomic E-state index is 12.3. The van der Waals surface area contributed by atoms with Crippen molar-refractivity contribution in [2.24, 2.45) is 5.73 Å². The first-order valence-electron chi connectivity index (χ1n) is 5.78. The highest BCUT2D eigenvalue weighted by atomic mass is 32.2. The minimum absolute atomic E-state index is 0.0500. The van der Waals surface area contributed by atoms with E-state index in [4.69, 9.17) is 11.1 Å². The van der Waals surface area contributed by atoms with Gasteiger partial charge in [0.05, 0.1) is 12.7 Å². The Balaban J connectivity index is 3.03. The van der Waals surface area contributed by atoms with Gasteiger partial charge in [-0.25, -0.2) is 13.4 Å². The molecule has 8 heteroatoms. The minimum Gasteiger partial charge on any atom is -0.387 e. The summed E-state index contributed by atoms with van der Waals surface area (Å²) in [5.41, 5.74) is 5.28. The van der Waals surface area contributed by atoms with Crippen LogP contribution in [0, 0.1) is 5.41 Å². The zero-order valence-corrected chi connectivity index (χ0v) is 11.4. The van der Waals surface area contributed by atoms with Crippen molar-refractivity contribution in [3.63, 3.8) is 0 Å². The summed E-state index contributed by atoms with van der Waals surface area (Å²) in [6.07, 6.45) is 2.59. The van der Waals surface area contributed by atoms with Crippen LogP contribution in [0.15, 0.2) is 11.2 Å². The molecule has 0 atom stereocenters. The van der Waals surface area contributed by atoms with Crippen LogP contribution in [0.3, 0.4) is 0 Å². The van der Waals surface area contributed by atoms with Crippen molar-refractivity contribution in [2.45, 2.75) is 31.7 Å². The number of amidine groups is 1. The number of nitrogens with zero attached hydrogens (tertiary/aromatic N) is 2. The van der Waals surface area contributed by atoms with E-state index in [0.29, 0.717) is 25.2 Å². The maximum Gasteiger partial charge on any atom is 0.260 e. The van der Waals surface area contributed by atoms with Gasteiger partial charge < -0.3 is 10.7 Å². The summed E-state index contributed by atoms with van der Waals surface area (Å²) in [6, 6.07) is 0. The summed E-state index contributed by atoms with van der Waals surface area (Å²) in [5.74, 6) is 0.440. The lowest BCUT2D eigenvalue weighted by Gasteiger charge is -2.19. The van der Waals surface area contributed by atoms with Crippen molar-refractivity contribution >= 4 is 15.9 Å². The van der Waals surface area contributed by atoms with Crippen LogP contribution in [-0.4, -0.2) is 41.6 Å². The van der Waals surface area contributed by atoms with Crippen LogP contribution in [0.4, 0.5) is 0 Å². The van der Waals surface area contributed by atoms with Crippen LogP contribution < -0.4 is 5.73 Å². The van der Waals surface area contributed by atoms with Crippen molar-refractivity contribution in [1.82, 2.24) is 14.3 Å². The van der Waals surface area contributed by atoms with E-state index in [9.17, 15) is 8.42 Å². The first-order chi connectivity index (χ1) is 8.41. The second-order valence-corrected chi connectivity index (χ2v) is 5.82. The van der Waals surface area contributed by atoms with E-state index in [-0.39, 0.29) is 17.4 Å². The Labute approximate surface area is 107 Å². The number of imidazole rings is 1. The quantitative estimate of drug-likeness (QED) is 0.489. The van der Waals surface area contributed by atoms with E-state index in [2.05, 4.69) is 9.97 Å². The Hall–Kier alpha value is -1.41. The zero-order chi connectivity index (χ0) is 13.8. The fraction of sp³-hybridized carbons (Fsp3) is 0.600. The first-order valence-corrected chi connectivity index (χ1v) is 7.22. The molecular formula is C10H19N5O2S. The lowest BCUT2D eigenvalue weighted by molar-refractivity contribution is 0.445. The fourth-order valence-electron chi connectivity index (χ4n) is 1.52. The van der Waals surface area contributed by atoms with Crippen molar-refractivity contribution in [1.29, 1.82) is 5.41 Å². The summed E-state index contributed by atoms with van der Waals surface area (Å²) in [4.78, 5) is 6.74. The predicted octanol–water partition coefficient (Wildman–Crippen LogP) is 0.309. The molecule has 0 radical (unpaired) electrons. The smallest absolute Gasteiger partial charge is 0.260 e. The van der Waals surface area contributed by atoms with Gasteiger partial charge in [0, 0.05) is 13.0 Å². The molecule has 102 valence electrons. The number of rotatable bonds is 7. The number of sulfonamides is 1. The molecule has 18 heavy (non-hydrogen) atoms. The molecule has 0 amide bonds. The average molecular weight is 273 g/mol. The number of aromatic amines is 1. The molecule has 0 bridgehead atoms. The molecule has 0 fully saturated rings. The van der Waals surface area contributed by atoms with Crippen molar-refractivity contribution < 1.29 is 8.42 Å². The van der Waals surface area contributed by atoms with E-state index in [1.165, 1.54) is 10.5 Å². The van der Waals surface area contributed by atoms with Crippen LogP contribution in [0.25, 0.3) is 0 Å². The number of hydrogen-bond acceptors (Lipinski definition) is 4. The molecule has 0 aromatic carbocycles. The largest absolute Gasteiger partial charge is 0.387 e. The Kier molecular flexibility index (Phi) is 4.85. The average Bonchev–Trinajstić information content (AvgIpc) is 2.77. The van der Waals surface area contributed by atoms with Gasteiger partial charge in [0.25, 0.3) is 10.0 Å². The third kappa shape index (κ3) is 3.30. The van der Waals surface area contributed by atoms with E-state index < -0.39 is 10.0 Å². The third-order valence-electron chi connectivity index (χ3n) is 2.38. The highest BCUT2D eigenvalue weighted by Crippen LogP contribution is 2.13. The molecule has 1 heterocycles. The van der Waals surface area contributed by atoms with Gasteiger partial charge in [0.2, 0.25) is 0 Å². The Morgan fingerprint density at radius 3 is 2.67 bits per heavy atom. The summed E-state index contributed by atoms with van der Waals surface area (Å²) in [7, 11) is -3.65. The van der Waals surface area contributed by atoms with Gasteiger partial charge >= 0.3 is 0 Å². The molecule has 0 saturated heterocycles. The van der Waals surface area contributed by atoms with Gasteiger partial charge in [-0.1, -0.05) is 13.8 Å². The lowest BCUT2D eigenvalue weighted by Crippen LogP contribution is -2.38. The van der Waals surface area contributed by atoms with Gasteiger partial charge in [-0.05, 0) is 6.42 Å². The van der Waals surface area contributed by atoms with Gasteiger partial charge in [-0.15, -0.1) is 0 Å². The number of nitrogens with one attached hydrogen (secondary N) is 2. The second-order valence-electron chi connectivity index (χ2n) is 3.91. The molecule has 0 unspecified atom stereocenters. The number of nitrogens with two attached hydrogens (primary N) is 1. The third-order valence-corrected chi connectivity index (χ3v) is 4.13. The summed E-state index contributed by atoms with van der Waals surface area (Å²) < 4.78 is 25.8. The first kappa shape index (κ1) is 14.7. The number of hydrogen-bond donors (Lipinski definition) is 3. The monoisotopic (exact) mass is 273 g/mol. The standard InChI is InChI=1S/C10H19N5O2S/c1-3-5-15(7-8(11)12)18(16,17)10-6-13-9(4-2)14-10/h6H,3-5,7H2,1-2H3,(H3,11,12)(H,13,14). The lowest BCUT2D eigenvalue weighted by atomic mass is 10.4. The molecule has 0 aliphatic rings. The minimum atomic E-state index is -3.65. The fourth-order valence-corrected chi connectivity index (χ4v) is 2.96. The molecule has 0 spiro atoms. The summed E-state index contributed by atoms with van der Waals surface area (Å²) >= 11 is 0. The van der Waals surface area contributed by atoms with Crippen LogP contribution >= 0.6 is 0 Å². The number of aromatic nitrogens is 2. The van der Waals surface area contributed by atoms with Crippen molar-refractivity contribution in [3.05, 3.63) is 12.0 Å². The predicted molar refractivity (Wildman–Crippen MR) is 68.9 cm³/mol. The molecular weight excluding hydrogens is 254 g/mol. The Bertz CT molecular complexity index is 508. The van der Waals surface area contributed by atoms with Crippen LogP contribution in [0.2, 0.25) is 0 Å². The molecule has 1 aromatic heterocycles. The topological polar surface area (TPSA) is 116 Å². The van der Waals surface area contributed by atoms with E-state index >= 15 is 0 Å².